The van der Waals surface area contributed by atoms with Gasteiger partial charge in [-0.2, -0.15) is 27.2 Å². The molecule has 26 heavy (non-hydrogen) atoms. The van der Waals surface area contributed by atoms with Crippen LogP contribution in [0, 0.1) is 11.3 Å². The number of aryl methyl sites for hydroxylation is 1. The molecule has 0 aliphatic heterocycles. The van der Waals surface area contributed by atoms with Gasteiger partial charge in [-0.3, -0.25) is 0 Å². The molecule has 0 bridgehead atoms. The molecule has 3 rings (SSSR count). The first-order chi connectivity index (χ1) is 12.3. The second-order valence-corrected chi connectivity index (χ2v) is 6.25. The first kappa shape index (κ1) is 18.3. The number of fused-ring (bicyclic) bond motifs is 1. The summed E-state index contributed by atoms with van der Waals surface area (Å²) in [5, 5.41) is 9.47. The number of benzene rings is 1. The summed E-state index contributed by atoms with van der Waals surface area (Å²) in [5.41, 5.74) is -0.750. The van der Waals surface area contributed by atoms with Gasteiger partial charge in [0.05, 0.1) is 5.56 Å². The Bertz CT molecular complexity index is 851. The summed E-state index contributed by atoms with van der Waals surface area (Å²) in [5.74, 6) is -5.19. The molecular weight excluding hydrogens is 351 g/mol. The Balaban J connectivity index is 2.38. The molecule has 0 unspecified atom stereocenters. The normalized spacial score (nSPS) is 15.1. The molecule has 1 aromatic carbocycles. The first-order valence-electron chi connectivity index (χ1n) is 8.23. The third-order valence-electron chi connectivity index (χ3n) is 4.55. The van der Waals surface area contributed by atoms with Crippen LogP contribution in [0.15, 0.2) is 30.3 Å². The maximum absolute atomic E-state index is 14.1. The monoisotopic (exact) mass is 366 g/mol. The number of aromatic nitrogens is 1. The molecule has 0 spiro atoms. The molecule has 0 radical (unpaired) electrons. The van der Waals surface area contributed by atoms with E-state index in [1.165, 1.54) is 0 Å². The third-order valence-corrected chi connectivity index (χ3v) is 4.55. The number of alkyl halides is 5. The van der Waals surface area contributed by atoms with Gasteiger partial charge in [0.2, 0.25) is 0 Å². The van der Waals surface area contributed by atoms with Crippen LogP contribution in [0.2, 0.25) is 0 Å². The van der Waals surface area contributed by atoms with Crippen molar-refractivity contribution in [2.75, 3.05) is 0 Å². The lowest BCUT2D eigenvalue weighted by atomic mass is 9.89. The lowest BCUT2D eigenvalue weighted by molar-refractivity contribution is -0.291. The Labute approximate surface area is 147 Å². The molecule has 0 saturated heterocycles. The zero-order valence-corrected chi connectivity index (χ0v) is 13.7. The molecule has 1 aliphatic rings. The Morgan fingerprint density at radius 3 is 2.19 bits per heavy atom. The highest BCUT2D eigenvalue weighted by Crippen LogP contribution is 2.47. The molecule has 0 amide bonds. The lowest BCUT2D eigenvalue weighted by Gasteiger charge is -2.24. The van der Waals surface area contributed by atoms with Crippen molar-refractivity contribution in [2.45, 2.75) is 44.2 Å². The van der Waals surface area contributed by atoms with E-state index in [4.69, 9.17) is 0 Å². The predicted molar refractivity (Wildman–Crippen MR) is 85.6 cm³/mol. The van der Waals surface area contributed by atoms with E-state index in [2.05, 4.69) is 4.98 Å². The maximum atomic E-state index is 14.1. The summed E-state index contributed by atoms with van der Waals surface area (Å²) in [4.78, 5) is 3.68. The summed E-state index contributed by atoms with van der Waals surface area (Å²) in [7, 11) is 0. The summed E-state index contributed by atoms with van der Waals surface area (Å²) < 4.78 is 67.2. The highest BCUT2D eigenvalue weighted by Gasteiger charge is 2.61. The predicted octanol–water partition coefficient (Wildman–Crippen LogP) is 5.54. The fourth-order valence-corrected chi connectivity index (χ4v) is 3.31. The van der Waals surface area contributed by atoms with Gasteiger partial charge in [0.15, 0.2) is 0 Å². The van der Waals surface area contributed by atoms with Crippen molar-refractivity contribution in [3.8, 4) is 17.2 Å². The van der Waals surface area contributed by atoms with E-state index in [0.29, 0.717) is 30.4 Å². The molecule has 0 saturated carbocycles. The standard InChI is InChI=1S/C19H15F5N2/c20-18(21,19(22,23)24)17-14(11-25)16(12-7-3-1-4-8-12)13-9-5-2-6-10-15(13)26-17/h1,3-4,7-8H,2,5-6,9-10H2. The molecule has 7 heteroatoms. The number of hydrogen-bond donors (Lipinski definition) is 0. The van der Waals surface area contributed by atoms with Gasteiger partial charge in [-0.15, -0.1) is 0 Å². The van der Waals surface area contributed by atoms with E-state index in [1.807, 2.05) is 0 Å². The topological polar surface area (TPSA) is 36.7 Å². The van der Waals surface area contributed by atoms with E-state index in [9.17, 15) is 27.2 Å². The van der Waals surface area contributed by atoms with E-state index in [1.54, 1.807) is 36.4 Å². The SMILES string of the molecule is N#Cc1c(C(F)(F)C(F)(F)F)nc2c(c1-c1ccccc1)CCCCC2. The smallest absolute Gasteiger partial charge is 0.249 e. The fraction of sp³-hybridized carbons (Fsp3) is 0.368. The van der Waals surface area contributed by atoms with Crippen LogP contribution in [0.3, 0.4) is 0 Å². The second kappa shape index (κ2) is 6.67. The minimum Gasteiger partial charge on any atom is -0.249 e. The van der Waals surface area contributed by atoms with Crippen molar-refractivity contribution < 1.29 is 22.0 Å². The van der Waals surface area contributed by atoms with E-state index in [0.717, 1.165) is 12.8 Å². The summed E-state index contributed by atoms with van der Waals surface area (Å²) >= 11 is 0. The molecule has 1 aromatic heterocycles. The molecule has 136 valence electrons. The van der Waals surface area contributed by atoms with Gasteiger partial charge in [0.1, 0.15) is 11.8 Å². The molecule has 0 N–H and O–H groups in total. The Hall–Kier alpha value is -2.49. The van der Waals surface area contributed by atoms with Crippen LogP contribution in [-0.4, -0.2) is 11.2 Å². The van der Waals surface area contributed by atoms with Gasteiger partial charge in [0, 0.05) is 11.3 Å². The van der Waals surface area contributed by atoms with Crippen molar-refractivity contribution in [2.24, 2.45) is 0 Å². The van der Waals surface area contributed by atoms with Crippen LogP contribution in [0.4, 0.5) is 22.0 Å². The third kappa shape index (κ3) is 3.05. The number of nitriles is 1. The molecule has 0 atom stereocenters. The van der Waals surface area contributed by atoms with Crippen LogP contribution in [0.5, 0.6) is 0 Å². The molecule has 2 aromatic rings. The van der Waals surface area contributed by atoms with Crippen LogP contribution in [0.25, 0.3) is 11.1 Å². The summed E-state index contributed by atoms with van der Waals surface area (Å²) in [6.07, 6.45) is -2.73. The van der Waals surface area contributed by atoms with E-state index < -0.39 is 23.4 Å². The number of pyridine rings is 1. The zero-order valence-electron chi connectivity index (χ0n) is 13.7. The van der Waals surface area contributed by atoms with Gasteiger partial charge in [-0.1, -0.05) is 36.8 Å². The Morgan fingerprint density at radius 1 is 0.923 bits per heavy atom. The fourth-order valence-electron chi connectivity index (χ4n) is 3.31. The van der Waals surface area contributed by atoms with Crippen molar-refractivity contribution in [1.29, 1.82) is 5.26 Å². The van der Waals surface area contributed by atoms with Crippen molar-refractivity contribution in [3.63, 3.8) is 0 Å². The first-order valence-corrected chi connectivity index (χ1v) is 8.23. The lowest BCUT2D eigenvalue weighted by Crippen LogP contribution is -2.36. The molecular formula is C19H15F5N2. The van der Waals surface area contributed by atoms with Gasteiger partial charge in [-0.25, -0.2) is 4.98 Å². The minimum absolute atomic E-state index is 0.152. The second-order valence-electron chi connectivity index (χ2n) is 6.25. The summed E-state index contributed by atoms with van der Waals surface area (Å²) in [6, 6.07) is 9.80. The number of hydrogen-bond acceptors (Lipinski definition) is 2. The van der Waals surface area contributed by atoms with Crippen LogP contribution >= 0.6 is 0 Å². The Morgan fingerprint density at radius 2 is 1.58 bits per heavy atom. The number of rotatable bonds is 2. The van der Waals surface area contributed by atoms with E-state index in [-0.39, 0.29) is 11.3 Å². The molecule has 1 aliphatic carbocycles. The zero-order chi connectivity index (χ0) is 18.9. The van der Waals surface area contributed by atoms with Crippen LogP contribution in [0.1, 0.15) is 41.8 Å². The minimum atomic E-state index is -5.82. The average molecular weight is 366 g/mol. The average Bonchev–Trinajstić information content (AvgIpc) is 2.85. The molecule has 2 nitrogen and oxygen atoms in total. The van der Waals surface area contributed by atoms with Crippen LogP contribution < -0.4 is 0 Å². The van der Waals surface area contributed by atoms with Crippen molar-refractivity contribution in [1.82, 2.24) is 4.98 Å². The van der Waals surface area contributed by atoms with Gasteiger partial charge in [0.25, 0.3) is 0 Å². The highest BCUT2D eigenvalue weighted by molar-refractivity contribution is 5.76. The molecule has 1 heterocycles. The number of nitrogens with zero attached hydrogens (tertiary/aromatic N) is 2. The van der Waals surface area contributed by atoms with Gasteiger partial charge < -0.3 is 0 Å². The number of halogens is 5. The van der Waals surface area contributed by atoms with Crippen LogP contribution in [-0.2, 0) is 18.8 Å². The van der Waals surface area contributed by atoms with Gasteiger partial charge >= 0.3 is 12.1 Å². The quantitative estimate of drug-likeness (QED) is 0.517. The molecule has 0 fully saturated rings. The van der Waals surface area contributed by atoms with Gasteiger partial charge in [-0.05, 0) is 36.8 Å². The van der Waals surface area contributed by atoms with Crippen molar-refractivity contribution >= 4 is 0 Å². The largest absolute Gasteiger partial charge is 0.459 e. The van der Waals surface area contributed by atoms with Crippen molar-refractivity contribution in [3.05, 3.63) is 52.8 Å². The maximum Gasteiger partial charge on any atom is 0.459 e. The van der Waals surface area contributed by atoms with E-state index >= 15 is 0 Å². The highest BCUT2D eigenvalue weighted by atomic mass is 19.4. The Kier molecular flexibility index (Phi) is 4.70. The summed E-state index contributed by atoms with van der Waals surface area (Å²) in [6.45, 7) is 0.